The quantitative estimate of drug-likeness (QED) is 0.733. The number of benzene rings is 1. The summed E-state index contributed by atoms with van der Waals surface area (Å²) in [6.07, 6.45) is 2.01. The molecule has 0 radical (unpaired) electrons. The van der Waals surface area contributed by atoms with Crippen molar-refractivity contribution in [3.8, 4) is 0 Å². The van der Waals surface area contributed by atoms with Crippen molar-refractivity contribution in [2.45, 2.75) is 44.6 Å². The van der Waals surface area contributed by atoms with Crippen molar-refractivity contribution in [2.24, 2.45) is 0 Å². The average Bonchev–Trinajstić information content (AvgIpc) is 2.61. The number of rotatable bonds is 9. The number of amides is 2. The molecule has 0 bridgehead atoms. The lowest BCUT2D eigenvalue weighted by Crippen LogP contribution is -2.45. The Balaban J connectivity index is 1.82. The topological polar surface area (TPSA) is 52.7 Å². The normalized spacial score (nSPS) is 15.2. The molecule has 1 atom stereocenters. The minimum absolute atomic E-state index is 0.00645. The predicted molar refractivity (Wildman–Crippen MR) is 104 cm³/mol. The fourth-order valence-corrected chi connectivity index (χ4v) is 3.96. The Morgan fingerprint density at radius 1 is 1.32 bits per heavy atom. The summed E-state index contributed by atoms with van der Waals surface area (Å²) >= 11 is 1.53. The first-order valence-electron chi connectivity index (χ1n) is 9.09. The van der Waals surface area contributed by atoms with Crippen LogP contribution in [-0.4, -0.2) is 54.7 Å². The molecular formula is C19H29N3O2S. The highest BCUT2D eigenvalue weighted by Crippen LogP contribution is 2.34. The van der Waals surface area contributed by atoms with E-state index in [4.69, 9.17) is 0 Å². The maximum atomic E-state index is 12.4. The van der Waals surface area contributed by atoms with Gasteiger partial charge in [-0.1, -0.05) is 26.0 Å². The van der Waals surface area contributed by atoms with Gasteiger partial charge in [0.25, 0.3) is 0 Å². The lowest BCUT2D eigenvalue weighted by Gasteiger charge is -2.29. The Labute approximate surface area is 155 Å². The lowest BCUT2D eigenvalue weighted by molar-refractivity contribution is -0.123. The molecule has 1 aliphatic heterocycles. The zero-order valence-electron chi connectivity index (χ0n) is 15.5. The van der Waals surface area contributed by atoms with E-state index < -0.39 is 0 Å². The number of para-hydroxylation sites is 1. The molecule has 1 aromatic carbocycles. The van der Waals surface area contributed by atoms with Crippen LogP contribution in [0.25, 0.3) is 0 Å². The number of anilines is 1. The second kappa shape index (κ2) is 9.82. The Kier molecular flexibility index (Phi) is 7.78. The number of carbonyl (C=O) groups excluding carboxylic acids is 2. The van der Waals surface area contributed by atoms with E-state index in [2.05, 4.69) is 24.1 Å². The molecule has 0 fully saturated rings. The van der Waals surface area contributed by atoms with Gasteiger partial charge in [0.05, 0.1) is 11.4 Å². The van der Waals surface area contributed by atoms with Crippen LogP contribution >= 0.6 is 11.8 Å². The van der Waals surface area contributed by atoms with E-state index in [1.165, 1.54) is 11.8 Å². The van der Waals surface area contributed by atoms with Gasteiger partial charge in [-0.3, -0.25) is 9.59 Å². The molecule has 2 amide bonds. The summed E-state index contributed by atoms with van der Waals surface area (Å²) in [5, 5.41) is 3.03. The summed E-state index contributed by atoms with van der Waals surface area (Å²) in [6.45, 7) is 9.64. The van der Waals surface area contributed by atoms with Crippen molar-refractivity contribution in [1.82, 2.24) is 10.2 Å². The number of hydrogen-bond donors (Lipinski definition) is 1. The van der Waals surface area contributed by atoms with Crippen molar-refractivity contribution in [1.29, 1.82) is 0 Å². The monoisotopic (exact) mass is 363 g/mol. The van der Waals surface area contributed by atoms with Crippen molar-refractivity contribution >= 4 is 29.3 Å². The summed E-state index contributed by atoms with van der Waals surface area (Å²) in [5.74, 6) is 0.294. The lowest BCUT2D eigenvalue weighted by atomic mass is 10.1. The molecule has 2 rings (SSSR count). The van der Waals surface area contributed by atoms with E-state index >= 15 is 0 Å². The van der Waals surface area contributed by atoms with Gasteiger partial charge in [-0.05, 0) is 51.5 Å². The van der Waals surface area contributed by atoms with Crippen LogP contribution in [0.4, 0.5) is 5.69 Å². The molecule has 25 heavy (non-hydrogen) atoms. The number of hydrogen-bond acceptors (Lipinski definition) is 4. The molecule has 1 aromatic rings. The second-order valence-corrected chi connectivity index (χ2v) is 7.39. The molecule has 0 spiro atoms. The van der Waals surface area contributed by atoms with Crippen molar-refractivity contribution in [3.05, 3.63) is 24.3 Å². The van der Waals surface area contributed by atoms with E-state index in [1.54, 1.807) is 4.90 Å². The highest BCUT2D eigenvalue weighted by atomic mass is 32.2. The van der Waals surface area contributed by atoms with Gasteiger partial charge in [-0.15, -0.1) is 11.8 Å². The summed E-state index contributed by atoms with van der Waals surface area (Å²) in [5.41, 5.74) is 0.841. The minimum atomic E-state index is -0.0922. The van der Waals surface area contributed by atoms with Gasteiger partial charge in [-0.25, -0.2) is 0 Å². The molecule has 0 saturated carbocycles. The maximum absolute atomic E-state index is 12.4. The molecule has 5 nitrogen and oxygen atoms in total. The van der Waals surface area contributed by atoms with Gasteiger partial charge >= 0.3 is 0 Å². The van der Waals surface area contributed by atoms with Gasteiger partial charge in [0.15, 0.2) is 0 Å². The van der Waals surface area contributed by atoms with Crippen molar-refractivity contribution in [3.63, 3.8) is 0 Å². The summed E-state index contributed by atoms with van der Waals surface area (Å²) in [4.78, 5) is 29.6. The number of carbonyl (C=O) groups is 2. The van der Waals surface area contributed by atoms with E-state index in [0.717, 1.165) is 43.1 Å². The third-order valence-electron chi connectivity index (χ3n) is 4.52. The third-order valence-corrected chi connectivity index (χ3v) is 5.57. The van der Waals surface area contributed by atoms with Crippen LogP contribution < -0.4 is 10.2 Å². The second-order valence-electron chi connectivity index (χ2n) is 6.37. The molecule has 1 heterocycles. The molecule has 0 saturated heterocycles. The first-order chi connectivity index (χ1) is 12.0. The van der Waals surface area contributed by atoms with Crippen LogP contribution in [0.5, 0.6) is 0 Å². The number of nitrogens with zero attached hydrogens (tertiary/aromatic N) is 2. The zero-order valence-corrected chi connectivity index (χ0v) is 16.3. The first-order valence-corrected chi connectivity index (χ1v) is 10.1. The van der Waals surface area contributed by atoms with Gasteiger partial charge in [0.2, 0.25) is 11.8 Å². The highest BCUT2D eigenvalue weighted by Gasteiger charge is 2.26. The minimum Gasteiger partial charge on any atom is -0.352 e. The van der Waals surface area contributed by atoms with Crippen LogP contribution in [0, 0.1) is 0 Å². The Hall–Kier alpha value is -1.53. The number of fused-ring (bicyclic) bond motifs is 1. The molecule has 0 aliphatic carbocycles. The molecule has 1 unspecified atom stereocenters. The van der Waals surface area contributed by atoms with Gasteiger partial charge in [-0.2, -0.15) is 0 Å². The van der Waals surface area contributed by atoms with Crippen molar-refractivity contribution < 1.29 is 9.59 Å². The van der Waals surface area contributed by atoms with Crippen LogP contribution in [-0.2, 0) is 9.59 Å². The van der Waals surface area contributed by atoms with Crippen LogP contribution in [0.3, 0.4) is 0 Å². The van der Waals surface area contributed by atoms with Gasteiger partial charge < -0.3 is 15.1 Å². The Morgan fingerprint density at radius 2 is 2.04 bits per heavy atom. The van der Waals surface area contributed by atoms with Crippen LogP contribution in [0.2, 0.25) is 0 Å². The SMILES string of the molecule is CCN(CC)CCCC(C)NC(=O)CN1C(=O)CSc2ccccc21. The summed E-state index contributed by atoms with van der Waals surface area (Å²) < 4.78 is 0. The molecule has 6 heteroatoms. The molecule has 0 aromatic heterocycles. The molecule has 138 valence electrons. The van der Waals surface area contributed by atoms with Gasteiger partial charge in [0.1, 0.15) is 6.54 Å². The largest absolute Gasteiger partial charge is 0.352 e. The smallest absolute Gasteiger partial charge is 0.240 e. The standard InChI is InChI=1S/C19H29N3O2S/c1-4-21(5-2)12-8-9-15(3)20-18(23)13-22-16-10-6-7-11-17(16)25-14-19(22)24/h6-7,10-11,15H,4-5,8-9,12-14H2,1-3H3,(H,20,23). The van der Waals surface area contributed by atoms with Crippen molar-refractivity contribution in [2.75, 3.05) is 36.8 Å². The molecule has 1 N–H and O–H groups in total. The molecular weight excluding hydrogens is 334 g/mol. The summed E-state index contributed by atoms with van der Waals surface area (Å²) in [6, 6.07) is 7.87. The highest BCUT2D eigenvalue weighted by molar-refractivity contribution is 8.00. The van der Waals surface area contributed by atoms with Gasteiger partial charge in [0, 0.05) is 10.9 Å². The average molecular weight is 364 g/mol. The fraction of sp³-hybridized carbons (Fsp3) is 0.579. The molecule has 1 aliphatic rings. The van der Waals surface area contributed by atoms with E-state index in [0.29, 0.717) is 5.75 Å². The van der Waals surface area contributed by atoms with E-state index in [9.17, 15) is 9.59 Å². The van der Waals surface area contributed by atoms with E-state index in [1.807, 2.05) is 31.2 Å². The zero-order chi connectivity index (χ0) is 18.2. The van der Waals surface area contributed by atoms with E-state index in [-0.39, 0.29) is 24.4 Å². The Bertz CT molecular complexity index is 590. The first kappa shape index (κ1) is 19.8. The van der Waals surface area contributed by atoms with Crippen LogP contribution in [0.15, 0.2) is 29.2 Å². The summed E-state index contributed by atoms with van der Waals surface area (Å²) in [7, 11) is 0. The maximum Gasteiger partial charge on any atom is 0.240 e. The fourth-order valence-electron chi connectivity index (χ4n) is 3.02. The van der Waals surface area contributed by atoms with Crippen LogP contribution in [0.1, 0.15) is 33.6 Å². The Morgan fingerprint density at radius 3 is 2.76 bits per heavy atom. The number of thioether (sulfide) groups is 1. The predicted octanol–water partition coefficient (Wildman–Crippen LogP) is 2.75. The third kappa shape index (κ3) is 5.75. The number of nitrogens with one attached hydrogen (secondary N) is 1.